The van der Waals surface area contributed by atoms with Crippen molar-refractivity contribution in [1.29, 1.82) is 0 Å². The third kappa shape index (κ3) is 9.58. The van der Waals surface area contributed by atoms with Crippen LogP contribution >= 0.6 is 0 Å². The number of ether oxygens (including phenoxy) is 8. The first-order valence-electron chi connectivity index (χ1n) is 17.5. The van der Waals surface area contributed by atoms with E-state index < -0.39 is 18.9 Å². The van der Waals surface area contributed by atoms with E-state index in [0.29, 0.717) is 13.2 Å². The number of hydrogen-bond acceptors (Lipinski definition) is 8. The minimum Gasteiger partial charge on any atom is -0.491 e. The van der Waals surface area contributed by atoms with Crippen LogP contribution in [-0.4, -0.2) is 57.5 Å². The summed E-state index contributed by atoms with van der Waals surface area (Å²) in [4.78, 5) is 0. The standard InChI is InChI=1S/C42H50O8/c1-28(47-29(2)49-37-20-12-33(13-21-37)41(4,5)31-8-16-35(17-9-31)43-24-39-26-45-39)48-30(3)50-38-22-14-34(15-23-38)42(6,7)32-10-18-36(19-11-32)44-25-40-27-46-40/h8-23,28-30,39-40H,24-27H2,1-7H3. The molecule has 8 nitrogen and oxygen atoms in total. The van der Waals surface area contributed by atoms with Crippen LogP contribution in [0.4, 0.5) is 0 Å². The monoisotopic (exact) mass is 682 g/mol. The van der Waals surface area contributed by atoms with Crippen molar-refractivity contribution >= 4 is 0 Å². The average molecular weight is 683 g/mol. The molecule has 0 radical (unpaired) electrons. The fourth-order valence-corrected chi connectivity index (χ4v) is 5.89. The molecule has 0 bridgehead atoms. The molecule has 4 atom stereocenters. The second-order valence-electron chi connectivity index (χ2n) is 14.1. The smallest absolute Gasteiger partial charge is 0.199 e. The van der Waals surface area contributed by atoms with Gasteiger partial charge in [-0.2, -0.15) is 0 Å². The van der Waals surface area contributed by atoms with Gasteiger partial charge in [0.25, 0.3) is 0 Å². The predicted octanol–water partition coefficient (Wildman–Crippen LogP) is 8.42. The summed E-state index contributed by atoms with van der Waals surface area (Å²) >= 11 is 0. The molecule has 4 aromatic carbocycles. The van der Waals surface area contributed by atoms with Gasteiger partial charge in [-0.1, -0.05) is 76.2 Å². The molecule has 266 valence electrons. The van der Waals surface area contributed by atoms with Crippen LogP contribution < -0.4 is 18.9 Å². The van der Waals surface area contributed by atoms with Crippen LogP contribution in [0, 0.1) is 0 Å². The summed E-state index contributed by atoms with van der Waals surface area (Å²) in [5.41, 5.74) is 4.37. The van der Waals surface area contributed by atoms with Crippen molar-refractivity contribution in [3.05, 3.63) is 119 Å². The predicted molar refractivity (Wildman–Crippen MR) is 192 cm³/mol. The lowest BCUT2D eigenvalue weighted by Gasteiger charge is -2.27. The molecule has 0 spiro atoms. The van der Waals surface area contributed by atoms with E-state index in [2.05, 4.69) is 76.2 Å². The molecule has 2 fully saturated rings. The first-order chi connectivity index (χ1) is 24.0. The highest BCUT2D eigenvalue weighted by Gasteiger charge is 2.27. The molecule has 8 heteroatoms. The van der Waals surface area contributed by atoms with Crippen molar-refractivity contribution in [2.24, 2.45) is 0 Å². The normalized spacial score (nSPS) is 18.9. The van der Waals surface area contributed by atoms with Gasteiger partial charge in [-0.05, 0) is 91.6 Å². The Hall–Kier alpha value is -4.08. The SMILES string of the molecule is CC(Oc1ccc(C(C)(C)c2ccc(OCC3CO3)cc2)cc1)OC(C)OC(C)Oc1ccc(C(C)(C)c2ccc(OCC3CO3)cc2)cc1. The molecule has 2 aliphatic rings. The minimum atomic E-state index is -0.552. The molecule has 0 aliphatic carbocycles. The average Bonchev–Trinajstić information content (AvgIpc) is 4.03. The lowest BCUT2D eigenvalue weighted by Crippen LogP contribution is -2.29. The van der Waals surface area contributed by atoms with Gasteiger partial charge in [-0.15, -0.1) is 0 Å². The summed E-state index contributed by atoms with van der Waals surface area (Å²) in [5.74, 6) is 3.15. The number of benzene rings is 4. The minimum absolute atomic E-state index is 0.193. The number of epoxide rings is 2. The summed E-state index contributed by atoms with van der Waals surface area (Å²) in [5, 5.41) is 0. The first kappa shape index (κ1) is 35.7. The maximum Gasteiger partial charge on any atom is 0.199 e. The first-order valence-corrected chi connectivity index (χ1v) is 17.5. The van der Waals surface area contributed by atoms with Gasteiger partial charge >= 0.3 is 0 Å². The van der Waals surface area contributed by atoms with E-state index >= 15 is 0 Å². The van der Waals surface area contributed by atoms with Gasteiger partial charge in [0.15, 0.2) is 18.9 Å². The summed E-state index contributed by atoms with van der Waals surface area (Å²) in [6.07, 6.45) is -1.13. The van der Waals surface area contributed by atoms with Crippen molar-refractivity contribution in [3.63, 3.8) is 0 Å². The van der Waals surface area contributed by atoms with E-state index in [9.17, 15) is 0 Å². The molecule has 2 saturated heterocycles. The highest BCUT2D eigenvalue weighted by Crippen LogP contribution is 2.35. The highest BCUT2D eigenvalue weighted by molar-refractivity contribution is 5.43. The summed E-state index contributed by atoms with van der Waals surface area (Å²) in [6, 6.07) is 32.8. The van der Waals surface area contributed by atoms with Crippen LogP contribution in [-0.2, 0) is 29.8 Å². The Morgan fingerprint density at radius 1 is 0.480 bits per heavy atom. The third-order valence-electron chi connectivity index (χ3n) is 9.35. The third-order valence-corrected chi connectivity index (χ3v) is 9.35. The molecule has 0 amide bonds. The Kier molecular flexibility index (Phi) is 11.0. The van der Waals surface area contributed by atoms with E-state index in [1.165, 1.54) is 22.3 Å². The molecule has 4 unspecified atom stereocenters. The fraction of sp³-hybridized carbons (Fsp3) is 0.429. The molecule has 2 aliphatic heterocycles. The van der Waals surface area contributed by atoms with Gasteiger partial charge in [0.2, 0.25) is 0 Å². The van der Waals surface area contributed by atoms with E-state index in [4.69, 9.17) is 37.9 Å². The second-order valence-corrected chi connectivity index (χ2v) is 14.1. The van der Waals surface area contributed by atoms with Crippen LogP contribution in [0.3, 0.4) is 0 Å². The van der Waals surface area contributed by atoms with Crippen LogP contribution in [0.2, 0.25) is 0 Å². The van der Waals surface area contributed by atoms with Gasteiger partial charge in [0, 0.05) is 10.8 Å². The zero-order valence-corrected chi connectivity index (χ0v) is 30.2. The molecule has 4 aromatic rings. The number of rotatable bonds is 18. The Labute approximate surface area is 296 Å². The maximum absolute atomic E-state index is 6.06. The molecule has 50 heavy (non-hydrogen) atoms. The number of hydrogen-bond donors (Lipinski definition) is 0. The lowest BCUT2D eigenvalue weighted by atomic mass is 9.78. The maximum atomic E-state index is 6.06. The molecule has 0 saturated carbocycles. The van der Waals surface area contributed by atoms with Crippen molar-refractivity contribution < 1.29 is 37.9 Å². The van der Waals surface area contributed by atoms with Crippen molar-refractivity contribution in [2.45, 2.75) is 90.4 Å². The van der Waals surface area contributed by atoms with Crippen molar-refractivity contribution in [3.8, 4) is 23.0 Å². The fourth-order valence-electron chi connectivity index (χ4n) is 5.89. The highest BCUT2D eigenvalue weighted by atomic mass is 16.8. The van der Waals surface area contributed by atoms with Crippen LogP contribution in [0.25, 0.3) is 0 Å². The molecule has 2 heterocycles. The van der Waals surface area contributed by atoms with Gasteiger partial charge in [0.05, 0.1) is 13.2 Å². The zero-order valence-electron chi connectivity index (χ0n) is 30.2. The topological polar surface area (TPSA) is 80.4 Å². The zero-order chi connectivity index (χ0) is 35.3. The summed E-state index contributed by atoms with van der Waals surface area (Å²) in [7, 11) is 0. The molecular weight excluding hydrogens is 632 g/mol. The summed E-state index contributed by atoms with van der Waals surface area (Å²) in [6.45, 7) is 17.2. The van der Waals surface area contributed by atoms with Crippen molar-refractivity contribution in [1.82, 2.24) is 0 Å². The van der Waals surface area contributed by atoms with Gasteiger partial charge in [-0.3, -0.25) is 0 Å². The van der Waals surface area contributed by atoms with Gasteiger partial charge in [0.1, 0.15) is 48.4 Å². The van der Waals surface area contributed by atoms with E-state index in [0.717, 1.165) is 36.2 Å². The van der Waals surface area contributed by atoms with E-state index in [-0.39, 0.29) is 23.0 Å². The molecular formula is C42H50O8. The van der Waals surface area contributed by atoms with Crippen LogP contribution in [0.1, 0.15) is 70.7 Å². The van der Waals surface area contributed by atoms with Crippen LogP contribution in [0.15, 0.2) is 97.1 Å². The van der Waals surface area contributed by atoms with E-state index in [1.807, 2.05) is 69.3 Å². The Bertz CT molecular complexity index is 1520. The molecule has 6 rings (SSSR count). The molecule has 0 N–H and O–H groups in total. The van der Waals surface area contributed by atoms with Crippen LogP contribution in [0.5, 0.6) is 23.0 Å². The molecule has 0 aromatic heterocycles. The van der Waals surface area contributed by atoms with Gasteiger partial charge in [-0.25, -0.2) is 0 Å². The van der Waals surface area contributed by atoms with Gasteiger partial charge < -0.3 is 37.9 Å². The largest absolute Gasteiger partial charge is 0.491 e. The Morgan fingerprint density at radius 2 is 0.760 bits per heavy atom. The second kappa shape index (κ2) is 15.4. The lowest BCUT2D eigenvalue weighted by molar-refractivity contribution is -0.247. The van der Waals surface area contributed by atoms with Crippen molar-refractivity contribution in [2.75, 3.05) is 26.4 Å². The Morgan fingerprint density at radius 3 is 1.04 bits per heavy atom. The quantitative estimate of drug-likeness (QED) is 0.0765. The Balaban J connectivity index is 0.942. The van der Waals surface area contributed by atoms with E-state index in [1.54, 1.807) is 0 Å². The summed E-state index contributed by atoms with van der Waals surface area (Å²) < 4.78 is 46.1.